The molecular weight excluding hydrogens is 437 g/mol. The third kappa shape index (κ3) is 6.23. The molecule has 2 aromatic rings. The number of aromatic nitrogens is 2. The molecule has 132 valence electrons. The molecule has 0 aromatic carbocycles. The monoisotopic (exact) mass is 461 g/mol. The maximum atomic E-state index is 5.42. The minimum atomic E-state index is 0. The van der Waals surface area contributed by atoms with E-state index >= 15 is 0 Å². The number of hydrogen-bond donors (Lipinski definition) is 1. The van der Waals surface area contributed by atoms with Gasteiger partial charge in [-0.25, -0.2) is 9.97 Å². The summed E-state index contributed by atoms with van der Waals surface area (Å²) in [5.41, 5.74) is 2.16. The van der Waals surface area contributed by atoms with Crippen LogP contribution in [0.2, 0.25) is 0 Å². The average Bonchev–Trinajstić information content (AvgIpc) is 2.93. The molecule has 0 saturated carbocycles. The van der Waals surface area contributed by atoms with E-state index in [9.17, 15) is 0 Å². The molecule has 0 fully saturated rings. The van der Waals surface area contributed by atoms with Crippen molar-refractivity contribution in [2.45, 2.75) is 26.9 Å². The molecule has 1 N–H and O–H groups in total. The molecule has 0 amide bonds. The highest BCUT2D eigenvalue weighted by molar-refractivity contribution is 14.0. The highest BCUT2D eigenvalue weighted by Gasteiger charge is 2.09. The van der Waals surface area contributed by atoms with Crippen LogP contribution in [0.3, 0.4) is 0 Å². The van der Waals surface area contributed by atoms with Gasteiger partial charge in [0, 0.05) is 38.3 Å². The molecule has 0 unspecified atom stereocenters. The smallest absolute Gasteiger partial charge is 0.213 e. The maximum Gasteiger partial charge on any atom is 0.213 e. The number of thiazole rings is 1. The van der Waals surface area contributed by atoms with Crippen LogP contribution in [-0.4, -0.2) is 41.5 Å². The van der Waals surface area contributed by atoms with Gasteiger partial charge in [-0.2, -0.15) is 0 Å². The summed E-state index contributed by atoms with van der Waals surface area (Å²) in [6.45, 7) is 5.96. The maximum absolute atomic E-state index is 5.42. The summed E-state index contributed by atoms with van der Waals surface area (Å²) in [6.07, 6.45) is 1.76. The second-order valence-corrected chi connectivity index (χ2v) is 6.11. The van der Waals surface area contributed by atoms with Crippen LogP contribution in [0.25, 0.3) is 0 Å². The fraction of sp³-hybridized carbons (Fsp3) is 0.438. The highest BCUT2D eigenvalue weighted by atomic mass is 127. The van der Waals surface area contributed by atoms with Crippen LogP contribution in [0, 0.1) is 6.92 Å². The van der Waals surface area contributed by atoms with Gasteiger partial charge >= 0.3 is 0 Å². The number of aliphatic imine (C=N–C) groups is 1. The van der Waals surface area contributed by atoms with Crippen LogP contribution in [0.1, 0.15) is 23.2 Å². The molecule has 6 nitrogen and oxygen atoms in total. The number of ether oxygens (including phenoxy) is 1. The van der Waals surface area contributed by atoms with Gasteiger partial charge < -0.3 is 15.0 Å². The molecule has 0 radical (unpaired) electrons. The quantitative estimate of drug-likeness (QED) is 0.407. The summed E-state index contributed by atoms with van der Waals surface area (Å²) in [5.74, 6) is 1.47. The van der Waals surface area contributed by atoms with Crippen molar-refractivity contribution < 1.29 is 4.74 Å². The van der Waals surface area contributed by atoms with Gasteiger partial charge in [-0.1, -0.05) is 0 Å². The Morgan fingerprint density at radius 3 is 2.88 bits per heavy atom. The van der Waals surface area contributed by atoms with E-state index in [1.165, 1.54) is 0 Å². The van der Waals surface area contributed by atoms with Gasteiger partial charge in [-0.3, -0.25) is 4.99 Å². The van der Waals surface area contributed by atoms with Crippen LogP contribution >= 0.6 is 35.3 Å². The average molecular weight is 461 g/mol. The summed E-state index contributed by atoms with van der Waals surface area (Å²) in [4.78, 5) is 15.0. The van der Waals surface area contributed by atoms with Crippen molar-refractivity contribution in [2.24, 2.45) is 4.99 Å². The fourth-order valence-electron chi connectivity index (χ4n) is 2.15. The molecule has 0 saturated heterocycles. The molecule has 2 rings (SSSR count). The topological polar surface area (TPSA) is 62.6 Å². The molecule has 24 heavy (non-hydrogen) atoms. The first-order valence-electron chi connectivity index (χ1n) is 7.53. The largest absolute Gasteiger partial charge is 0.478 e. The Hall–Kier alpha value is -1.42. The van der Waals surface area contributed by atoms with E-state index in [0.717, 1.165) is 28.8 Å². The van der Waals surface area contributed by atoms with Crippen molar-refractivity contribution in [2.75, 3.05) is 20.7 Å². The summed E-state index contributed by atoms with van der Waals surface area (Å²) < 4.78 is 5.42. The van der Waals surface area contributed by atoms with Gasteiger partial charge in [0.15, 0.2) is 5.96 Å². The molecule has 0 atom stereocenters. The molecule has 0 aliphatic carbocycles. The van der Waals surface area contributed by atoms with Crippen molar-refractivity contribution in [3.63, 3.8) is 0 Å². The van der Waals surface area contributed by atoms with E-state index in [0.29, 0.717) is 19.0 Å². The van der Waals surface area contributed by atoms with Crippen LogP contribution in [-0.2, 0) is 13.1 Å². The lowest BCUT2D eigenvalue weighted by Gasteiger charge is -2.21. The Balaban J connectivity index is 0.00000288. The van der Waals surface area contributed by atoms with E-state index < -0.39 is 0 Å². The van der Waals surface area contributed by atoms with Gasteiger partial charge in [0.05, 0.1) is 23.9 Å². The molecule has 0 bridgehead atoms. The van der Waals surface area contributed by atoms with Gasteiger partial charge in [-0.15, -0.1) is 35.3 Å². The lowest BCUT2D eigenvalue weighted by Crippen LogP contribution is -2.38. The first kappa shape index (κ1) is 20.6. The molecule has 2 aromatic heterocycles. The van der Waals surface area contributed by atoms with Crippen molar-refractivity contribution in [1.29, 1.82) is 0 Å². The third-order valence-corrected chi connectivity index (χ3v) is 4.00. The van der Waals surface area contributed by atoms with E-state index in [2.05, 4.69) is 30.6 Å². The summed E-state index contributed by atoms with van der Waals surface area (Å²) in [6, 6.07) is 3.90. The van der Waals surface area contributed by atoms with Crippen LogP contribution in [0.15, 0.2) is 28.7 Å². The van der Waals surface area contributed by atoms with Gasteiger partial charge in [0.1, 0.15) is 0 Å². The second kappa shape index (κ2) is 10.4. The molecular formula is C16H24IN5OS. The van der Waals surface area contributed by atoms with Crippen molar-refractivity contribution in [3.8, 4) is 5.88 Å². The van der Waals surface area contributed by atoms with Gasteiger partial charge in [-0.05, 0) is 25.5 Å². The Labute approximate surface area is 164 Å². The van der Waals surface area contributed by atoms with E-state index in [4.69, 9.17) is 4.74 Å². The standard InChI is InChI=1S/C16H23N5OS.HI/c1-5-22-15-8-13(6-7-18-15)9-19-16(17-3)21(4)10-14-11-23-12(2)20-14;/h6-8,11H,5,9-10H2,1-4H3,(H,17,19);1H. The summed E-state index contributed by atoms with van der Waals surface area (Å²) in [5, 5.41) is 6.51. The number of hydrogen-bond acceptors (Lipinski definition) is 5. The minimum Gasteiger partial charge on any atom is -0.478 e. The number of halogens is 1. The first-order valence-corrected chi connectivity index (χ1v) is 8.40. The number of rotatable bonds is 6. The Kier molecular flexibility index (Phi) is 8.98. The van der Waals surface area contributed by atoms with Crippen LogP contribution < -0.4 is 10.1 Å². The minimum absolute atomic E-state index is 0. The van der Waals surface area contributed by atoms with Crippen LogP contribution in [0.5, 0.6) is 5.88 Å². The SMILES string of the molecule is CCOc1cc(CNC(=NC)N(C)Cc2csc(C)n2)ccn1.I. The van der Waals surface area contributed by atoms with Crippen molar-refractivity contribution in [1.82, 2.24) is 20.2 Å². The molecule has 0 aliphatic rings. The Morgan fingerprint density at radius 1 is 1.46 bits per heavy atom. The number of nitrogens with zero attached hydrogens (tertiary/aromatic N) is 4. The number of guanidine groups is 1. The number of nitrogens with one attached hydrogen (secondary N) is 1. The second-order valence-electron chi connectivity index (χ2n) is 5.05. The predicted octanol–water partition coefficient (Wildman–Crippen LogP) is 3.07. The van der Waals surface area contributed by atoms with Gasteiger partial charge in [0.25, 0.3) is 0 Å². The Morgan fingerprint density at radius 2 is 2.25 bits per heavy atom. The number of aryl methyl sites for hydroxylation is 1. The zero-order valence-electron chi connectivity index (χ0n) is 14.4. The normalized spacial score (nSPS) is 10.9. The van der Waals surface area contributed by atoms with Gasteiger partial charge in [0.2, 0.25) is 5.88 Å². The van der Waals surface area contributed by atoms with E-state index in [1.807, 2.05) is 33.0 Å². The van der Waals surface area contributed by atoms with E-state index in [1.54, 1.807) is 24.6 Å². The molecule has 8 heteroatoms. The molecule has 0 aliphatic heterocycles. The van der Waals surface area contributed by atoms with E-state index in [-0.39, 0.29) is 24.0 Å². The van der Waals surface area contributed by atoms with Crippen LogP contribution in [0.4, 0.5) is 0 Å². The van der Waals surface area contributed by atoms with Crippen molar-refractivity contribution in [3.05, 3.63) is 40.0 Å². The lowest BCUT2D eigenvalue weighted by molar-refractivity contribution is 0.326. The summed E-state index contributed by atoms with van der Waals surface area (Å²) in [7, 11) is 3.78. The highest BCUT2D eigenvalue weighted by Crippen LogP contribution is 2.11. The first-order chi connectivity index (χ1) is 11.1. The predicted molar refractivity (Wildman–Crippen MR) is 109 cm³/mol. The number of pyridine rings is 1. The Bertz CT molecular complexity index is 661. The lowest BCUT2D eigenvalue weighted by atomic mass is 10.2. The molecule has 0 spiro atoms. The fourth-order valence-corrected chi connectivity index (χ4v) is 2.76. The zero-order chi connectivity index (χ0) is 16.7. The zero-order valence-corrected chi connectivity index (χ0v) is 17.6. The molecule has 2 heterocycles. The third-order valence-electron chi connectivity index (χ3n) is 3.18. The van der Waals surface area contributed by atoms with Crippen molar-refractivity contribution >= 4 is 41.3 Å². The summed E-state index contributed by atoms with van der Waals surface area (Å²) >= 11 is 1.66.